The number of aromatic hydroxyl groups is 2. The second-order valence-corrected chi connectivity index (χ2v) is 6.90. The van der Waals surface area contributed by atoms with E-state index in [0.29, 0.717) is 5.39 Å². The molecule has 6 aromatic carbocycles. The van der Waals surface area contributed by atoms with Gasteiger partial charge in [0.05, 0.1) is 0 Å². The van der Waals surface area contributed by atoms with Crippen LogP contribution in [-0.4, -0.2) is 10.2 Å². The van der Waals surface area contributed by atoms with Gasteiger partial charge in [-0.05, 0) is 55.2 Å². The Balaban J connectivity index is 2.12. The van der Waals surface area contributed by atoms with Crippen molar-refractivity contribution in [2.45, 2.75) is 0 Å². The van der Waals surface area contributed by atoms with Crippen LogP contribution in [0.4, 0.5) is 0 Å². The first kappa shape index (κ1) is 13.7. The van der Waals surface area contributed by atoms with Crippen molar-refractivity contribution in [2.75, 3.05) is 0 Å². The van der Waals surface area contributed by atoms with E-state index in [4.69, 9.17) is 0 Å². The normalized spacial score (nSPS) is 12.2. The molecule has 2 N–H and O–H groups in total. The zero-order chi connectivity index (χ0) is 17.4. The lowest BCUT2D eigenvalue weighted by Crippen LogP contribution is -1.89. The number of hydrogen-bond acceptors (Lipinski definition) is 2. The summed E-state index contributed by atoms with van der Waals surface area (Å²) in [5.41, 5.74) is 0. The number of phenolic OH excluding ortho intramolecular Hbond substituents is 2. The van der Waals surface area contributed by atoms with Gasteiger partial charge in [-0.25, -0.2) is 0 Å². The summed E-state index contributed by atoms with van der Waals surface area (Å²) in [4.78, 5) is 0. The van der Waals surface area contributed by atoms with Crippen molar-refractivity contribution in [3.05, 3.63) is 72.8 Å². The summed E-state index contributed by atoms with van der Waals surface area (Å²) in [6, 6.07) is 24.6. The van der Waals surface area contributed by atoms with Crippen molar-refractivity contribution >= 4 is 53.9 Å². The molecule has 122 valence electrons. The predicted octanol–water partition coefficient (Wildman–Crippen LogP) is 6.30. The summed E-state index contributed by atoms with van der Waals surface area (Å²) >= 11 is 0. The molecule has 6 rings (SSSR count). The van der Waals surface area contributed by atoms with Crippen LogP contribution in [0.25, 0.3) is 53.9 Å². The fraction of sp³-hybridized carbons (Fsp3) is 0. The third-order valence-electron chi connectivity index (χ3n) is 5.56. The maximum absolute atomic E-state index is 10.4. The van der Waals surface area contributed by atoms with Gasteiger partial charge in [0, 0.05) is 10.8 Å². The zero-order valence-electron chi connectivity index (χ0n) is 13.8. The van der Waals surface area contributed by atoms with E-state index in [1.54, 1.807) is 6.07 Å². The van der Waals surface area contributed by atoms with Gasteiger partial charge in [-0.1, -0.05) is 60.7 Å². The largest absolute Gasteiger partial charge is 0.504 e. The molecule has 0 aliphatic carbocycles. The van der Waals surface area contributed by atoms with Crippen LogP contribution in [0.5, 0.6) is 11.5 Å². The summed E-state index contributed by atoms with van der Waals surface area (Å²) in [5.74, 6) is -0.132. The fourth-order valence-electron chi connectivity index (χ4n) is 4.50. The van der Waals surface area contributed by atoms with Crippen molar-refractivity contribution in [3.8, 4) is 11.5 Å². The van der Waals surface area contributed by atoms with E-state index in [0.717, 1.165) is 21.5 Å². The smallest absolute Gasteiger partial charge is 0.165 e. The van der Waals surface area contributed by atoms with E-state index in [9.17, 15) is 10.2 Å². The summed E-state index contributed by atoms with van der Waals surface area (Å²) in [7, 11) is 0. The van der Waals surface area contributed by atoms with Crippen LogP contribution in [0.2, 0.25) is 0 Å². The Kier molecular flexibility index (Phi) is 2.41. The Hall–Kier alpha value is -3.52. The molecule has 0 amide bonds. The maximum atomic E-state index is 10.4. The molecule has 6 aromatic rings. The van der Waals surface area contributed by atoms with Crippen molar-refractivity contribution in [1.29, 1.82) is 0 Å². The summed E-state index contributed by atoms with van der Waals surface area (Å²) < 4.78 is 0. The third-order valence-corrected chi connectivity index (χ3v) is 5.56. The average Bonchev–Trinajstić information content (AvgIpc) is 2.68. The van der Waals surface area contributed by atoms with E-state index in [1.165, 1.54) is 26.9 Å². The molecule has 0 heterocycles. The number of phenols is 2. The van der Waals surface area contributed by atoms with Gasteiger partial charge in [-0.2, -0.15) is 0 Å². The number of hydrogen-bond donors (Lipinski definition) is 2. The second kappa shape index (κ2) is 4.55. The highest BCUT2D eigenvalue weighted by Crippen LogP contribution is 2.47. The van der Waals surface area contributed by atoms with Gasteiger partial charge < -0.3 is 10.2 Å². The number of benzene rings is 6. The maximum Gasteiger partial charge on any atom is 0.165 e. The highest BCUT2D eigenvalue weighted by molar-refractivity contribution is 6.38. The van der Waals surface area contributed by atoms with Crippen LogP contribution in [-0.2, 0) is 0 Å². The first-order valence-corrected chi connectivity index (χ1v) is 8.67. The van der Waals surface area contributed by atoms with Gasteiger partial charge in [-0.3, -0.25) is 0 Å². The van der Waals surface area contributed by atoms with Crippen LogP contribution in [0, 0.1) is 0 Å². The minimum absolute atomic E-state index is 0.0542. The minimum atomic E-state index is -0.0779. The molecule has 2 heteroatoms. The van der Waals surface area contributed by atoms with E-state index in [1.807, 2.05) is 12.1 Å². The molecule has 0 aliphatic heterocycles. The first-order chi connectivity index (χ1) is 12.7. The Labute approximate surface area is 148 Å². The first-order valence-electron chi connectivity index (χ1n) is 8.67. The molecule has 0 atom stereocenters. The highest BCUT2D eigenvalue weighted by Gasteiger charge is 2.18. The SMILES string of the molecule is Oc1cc2c3cccc4cc5ccccc5c(c5cccc(c1O)c25)c43. The van der Waals surface area contributed by atoms with Crippen molar-refractivity contribution in [2.24, 2.45) is 0 Å². The summed E-state index contributed by atoms with van der Waals surface area (Å²) in [6.07, 6.45) is 0. The molecular formula is C24H14O2. The Morgan fingerprint density at radius 3 is 2.08 bits per heavy atom. The minimum Gasteiger partial charge on any atom is -0.504 e. The van der Waals surface area contributed by atoms with Crippen LogP contribution in [0.3, 0.4) is 0 Å². The average molecular weight is 334 g/mol. The van der Waals surface area contributed by atoms with Gasteiger partial charge in [0.1, 0.15) is 0 Å². The molecule has 0 radical (unpaired) electrons. The molecule has 0 aliphatic rings. The molecule has 0 fully saturated rings. The van der Waals surface area contributed by atoms with Crippen LogP contribution in [0.1, 0.15) is 0 Å². The van der Waals surface area contributed by atoms with Crippen LogP contribution < -0.4 is 0 Å². The van der Waals surface area contributed by atoms with E-state index in [2.05, 4.69) is 54.6 Å². The molecule has 0 saturated carbocycles. The molecule has 0 aromatic heterocycles. The van der Waals surface area contributed by atoms with Crippen LogP contribution >= 0.6 is 0 Å². The van der Waals surface area contributed by atoms with E-state index in [-0.39, 0.29) is 11.5 Å². The molecular weight excluding hydrogens is 320 g/mol. The molecule has 0 unspecified atom stereocenters. The van der Waals surface area contributed by atoms with Gasteiger partial charge in [0.25, 0.3) is 0 Å². The molecule has 0 bridgehead atoms. The highest BCUT2D eigenvalue weighted by atomic mass is 16.3. The Morgan fingerprint density at radius 1 is 0.462 bits per heavy atom. The number of rotatable bonds is 0. The lowest BCUT2D eigenvalue weighted by Gasteiger charge is -2.17. The third kappa shape index (κ3) is 1.52. The lowest BCUT2D eigenvalue weighted by atomic mass is 9.87. The standard InChI is InChI=1S/C24H14O2/c25-20-12-19-16-8-3-6-14-11-13-5-1-2-7-15(13)23(21(14)16)17-9-4-10-18(22(17)19)24(20)26/h1-12,25-26H. The summed E-state index contributed by atoms with van der Waals surface area (Å²) in [6.45, 7) is 0. The van der Waals surface area contributed by atoms with Crippen molar-refractivity contribution < 1.29 is 10.2 Å². The zero-order valence-corrected chi connectivity index (χ0v) is 13.8. The molecule has 0 spiro atoms. The topological polar surface area (TPSA) is 40.5 Å². The predicted molar refractivity (Wildman–Crippen MR) is 108 cm³/mol. The van der Waals surface area contributed by atoms with Gasteiger partial charge in [0.15, 0.2) is 11.5 Å². The van der Waals surface area contributed by atoms with Crippen LogP contribution in [0.15, 0.2) is 72.8 Å². The fourth-order valence-corrected chi connectivity index (χ4v) is 4.50. The molecule has 26 heavy (non-hydrogen) atoms. The lowest BCUT2D eigenvalue weighted by molar-refractivity contribution is 0.409. The van der Waals surface area contributed by atoms with Gasteiger partial charge in [-0.15, -0.1) is 0 Å². The van der Waals surface area contributed by atoms with Gasteiger partial charge >= 0.3 is 0 Å². The second-order valence-electron chi connectivity index (χ2n) is 6.90. The Morgan fingerprint density at radius 2 is 1.15 bits per heavy atom. The molecule has 2 nitrogen and oxygen atoms in total. The van der Waals surface area contributed by atoms with Crippen molar-refractivity contribution in [1.82, 2.24) is 0 Å². The molecule has 0 saturated heterocycles. The Bertz CT molecular complexity index is 1500. The van der Waals surface area contributed by atoms with E-state index < -0.39 is 0 Å². The quantitative estimate of drug-likeness (QED) is 0.194. The summed E-state index contributed by atoms with van der Waals surface area (Å²) in [5, 5.41) is 31.6. The van der Waals surface area contributed by atoms with Gasteiger partial charge in [0.2, 0.25) is 0 Å². The van der Waals surface area contributed by atoms with Crippen molar-refractivity contribution in [3.63, 3.8) is 0 Å². The monoisotopic (exact) mass is 334 g/mol. The van der Waals surface area contributed by atoms with E-state index >= 15 is 0 Å². The number of fused-ring (bicyclic) bond motifs is 4.